The SMILES string of the molecule is CC(=O)c1c(F)c(F)c(NS(=O)(=O)O)c(F)c1F. The van der Waals surface area contributed by atoms with Crippen molar-refractivity contribution in [3.63, 3.8) is 0 Å². The molecule has 0 saturated carbocycles. The van der Waals surface area contributed by atoms with Crippen LogP contribution in [0.1, 0.15) is 17.3 Å². The summed E-state index contributed by atoms with van der Waals surface area (Å²) in [6.07, 6.45) is 0. The molecule has 1 rings (SSSR count). The van der Waals surface area contributed by atoms with E-state index >= 15 is 0 Å². The second-order valence-corrected chi connectivity index (χ2v) is 4.29. The van der Waals surface area contributed by atoms with Crippen LogP contribution in [0.25, 0.3) is 0 Å². The molecule has 0 aliphatic carbocycles. The summed E-state index contributed by atoms with van der Waals surface area (Å²) in [4.78, 5) is 10.8. The molecular formula is C8H5F4NO4S. The number of Topliss-reactive ketones (excluding diaryl/α,β-unsaturated/α-hetero) is 1. The predicted molar refractivity (Wildman–Crippen MR) is 51.4 cm³/mol. The number of nitrogens with one attached hydrogen (secondary N) is 1. The van der Waals surface area contributed by atoms with Gasteiger partial charge >= 0.3 is 10.3 Å². The molecule has 0 amide bonds. The quantitative estimate of drug-likeness (QED) is 0.383. The van der Waals surface area contributed by atoms with E-state index in [9.17, 15) is 30.8 Å². The summed E-state index contributed by atoms with van der Waals surface area (Å²) in [5.41, 5.74) is -3.23. The molecule has 0 aliphatic heterocycles. The maximum Gasteiger partial charge on any atom is 0.357 e. The van der Waals surface area contributed by atoms with E-state index in [4.69, 9.17) is 4.55 Å². The van der Waals surface area contributed by atoms with Gasteiger partial charge < -0.3 is 0 Å². The lowest BCUT2D eigenvalue weighted by Crippen LogP contribution is -2.17. The van der Waals surface area contributed by atoms with Crippen molar-refractivity contribution in [2.24, 2.45) is 0 Å². The zero-order valence-electron chi connectivity index (χ0n) is 8.59. The number of halogens is 4. The predicted octanol–water partition coefficient (Wildman–Crippen LogP) is 1.66. The van der Waals surface area contributed by atoms with Crippen molar-refractivity contribution < 1.29 is 35.3 Å². The van der Waals surface area contributed by atoms with E-state index in [0.717, 1.165) is 4.72 Å². The highest BCUT2D eigenvalue weighted by molar-refractivity contribution is 7.87. The standard InChI is InChI=1S/C8H5F4NO4S/c1-2(14)3-4(9)6(11)8(7(12)5(3)10)13-18(15,16)17/h13H,1H3,(H,15,16,17). The third kappa shape index (κ3) is 2.59. The van der Waals surface area contributed by atoms with Crippen molar-refractivity contribution >= 4 is 21.8 Å². The molecule has 0 saturated heterocycles. The second-order valence-electron chi connectivity index (χ2n) is 3.14. The lowest BCUT2D eigenvalue weighted by molar-refractivity contribution is 0.100. The van der Waals surface area contributed by atoms with Crippen molar-refractivity contribution in [2.45, 2.75) is 6.92 Å². The summed E-state index contributed by atoms with van der Waals surface area (Å²) >= 11 is 0. The number of anilines is 1. The molecule has 100 valence electrons. The fraction of sp³-hybridized carbons (Fsp3) is 0.125. The normalized spacial score (nSPS) is 11.4. The van der Waals surface area contributed by atoms with Crippen molar-refractivity contribution in [1.82, 2.24) is 0 Å². The maximum absolute atomic E-state index is 13.2. The molecule has 0 unspecified atom stereocenters. The molecule has 0 bridgehead atoms. The van der Waals surface area contributed by atoms with E-state index in [1.54, 1.807) is 0 Å². The van der Waals surface area contributed by atoms with E-state index in [0.29, 0.717) is 6.92 Å². The summed E-state index contributed by atoms with van der Waals surface area (Å²) in [7, 11) is -5.14. The first-order valence-corrected chi connectivity index (χ1v) is 5.62. The molecule has 0 spiro atoms. The molecule has 5 nitrogen and oxygen atoms in total. The molecule has 0 heterocycles. The van der Waals surface area contributed by atoms with E-state index in [1.807, 2.05) is 0 Å². The van der Waals surface area contributed by atoms with Gasteiger partial charge in [-0.2, -0.15) is 8.42 Å². The fourth-order valence-electron chi connectivity index (χ4n) is 1.16. The Labute approximate surface area is 98.3 Å². The number of ketones is 1. The van der Waals surface area contributed by atoms with Gasteiger partial charge in [0.15, 0.2) is 29.1 Å². The molecule has 0 aliphatic rings. The van der Waals surface area contributed by atoms with E-state index in [-0.39, 0.29) is 0 Å². The van der Waals surface area contributed by atoms with Crippen LogP contribution < -0.4 is 4.72 Å². The minimum absolute atomic E-state index is 0.663. The van der Waals surface area contributed by atoms with Gasteiger partial charge in [0.25, 0.3) is 0 Å². The highest BCUT2D eigenvalue weighted by Gasteiger charge is 2.29. The van der Waals surface area contributed by atoms with Crippen LogP contribution in [0, 0.1) is 23.3 Å². The van der Waals surface area contributed by atoms with Crippen molar-refractivity contribution in [1.29, 1.82) is 0 Å². The first-order chi connectivity index (χ1) is 8.06. The number of carbonyl (C=O) groups is 1. The average molecular weight is 287 g/mol. The summed E-state index contributed by atoms with van der Waals surface area (Å²) < 4.78 is 82.7. The van der Waals surface area contributed by atoms with Crippen molar-refractivity contribution in [3.05, 3.63) is 28.8 Å². The smallest absolute Gasteiger partial charge is 0.294 e. The Morgan fingerprint density at radius 3 is 1.72 bits per heavy atom. The third-order valence-corrected chi connectivity index (χ3v) is 2.31. The van der Waals surface area contributed by atoms with Crippen LogP contribution in [0.4, 0.5) is 23.2 Å². The Morgan fingerprint density at radius 2 is 1.44 bits per heavy atom. The highest BCUT2D eigenvalue weighted by atomic mass is 32.2. The topological polar surface area (TPSA) is 83.5 Å². The molecule has 0 radical (unpaired) electrons. The number of hydrogen-bond acceptors (Lipinski definition) is 3. The third-order valence-electron chi connectivity index (χ3n) is 1.85. The zero-order valence-corrected chi connectivity index (χ0v) is 9.41. The molecule has 1 aromatic carbocycles. The Balaban J connectivity index is 3.64. The van der Waals surface area contributed by atoms with E-state index in [2.05, 4.69) is 0 Å². The number of benzene rings is 1. The lowest BCUT2D eigenvalue weighted by Gasteiger charge is -2.10. The average Bonchev–Trinajstić information content (AvgIpc) is 2.20. The monoisotopic (exact) mass is 287 g/mol. The number of hydrogen-bond donors (Lipinski definition) is 2. The molecule has 2 N–H and O–H groups in total. The van der Waals surface area contributed by atoms with Gasteiger partial charge in [-0.15, -0.1) is 0 Å². The molecule has 18 heavy (non-hydrogen) atoms. The van der Waals surface area contributed by atoms with E-state index in [1.165, 1.54) is 0 Å². The van der Waals surface area contributed by atoms with Crippen LogP contribution in [0.2, 0.25) is 0 Å². The second kappa shape index (κ2) is 4.53. The number of rotatable bonds is 3. The van der Waals surface area contributed by atoms with Crippen LogP contribution in [0.3, 0.4) is 0 Å². The van der Waals surface area contributed by atoms with Crippen LogP contribution in [-0.2, 0) is 10.3 Å². The van der Waals surface area contributed by atoms with Gasteiger partial charge in [0.05, 0.1) is 5.56 Å². The first kappa shape index (κ1) is 14.4. The van der Waals surface area contributed by atoms with Crippen LogP contribution in [0.15, 0.2) is 0 Å². The molecule has 10 heteroatoms. The van der Waals surface area contributed by atoms with Crippen LogP contribution in [-0.4, -0.2) is 18.8 Å². The maximum atomic E-state index is 13.2. The molecule has 0 fully saturated rings. The summed E-state index contributed by atoms with van der Waals surface area (Å²) in [6, 6.07) is 0. The van der Waals surface area contributed by atoms with Gasteiger partial charge in [-0.1, -0.05) is 0 Å². The van der Waals surface area contributed by atoms with E-state index < -0.39 is 50.6 Å². The van der Waals surface area contributed by atoms with Gasteiger partial charge in [0.1, 0.15) is 5.69 Å². The summed E-state index contributed by atoms with van der Waals surface area (Å²) in [5, 5.41) is 0. The largest absolute Gasteiger partial charge is 0.357 e. The minimum atomic E-state index is -5.14. The molecule has 1 aromatic rings. The Morgan fingerprint density at radius 1 is 1.06 bits per heavy atom. The Hall–Kier alpha value is -1.68. The van der Waals surface area contributed by atoms with Gasteiger partial charge in [0.2, 0.25) is 0 Å². The van der Waals surface area contributed by atoms with Gasteiger partial charge in [-0.05, 0) is 6.92 Å². The molecule has 0 aromatic heterocycles. The molecular weight excluding hydrogens is 282 g/mol. The van der Waals surface area contributed by atoms with Crippen molar-refractivity contribution in [3.8, 4) is 0 Å². The van der Waals surface area contributed by atoms with Gasteiger partial charge in [-0.3, -0.25) is 14.1 Å². The van der Waals surface area contributed by atoms with Gasteiger partial charge in [0, 0.05) is 0 Å². The van der Waals surface area contributed by atoms with Crippen molar-refractivity contribution in [2.75, 3.05) is 4.72 Å². The van der Waals surface area contributed by atoms with Gasteiger partial charge in [-0.25, -0.2) is 17.6 Å². The zero-order chi connectivity index (χ0) is 14.2. The first-order valence-electron chi connectivity index (χ1n) is 4.18. The highest BCUT2D eigenvalue weighted by Crippen LogP contribution is 2.28. The summed E-state index contributed by atoms with van der Waals surface area (Å²) in [6.45, 7) is 0.663. The Bertz CT molecular complexity index is 599. The lowest BCUT2D eigenvalue weighted by atomic mass is 10.1. The fourth-order valence-corrected chi connectivity index (χ4v) is 1.60. The number of carbonyl (C=O) groups excluding carboxylic acids is 1. The summed E-state index contributed by atoms with van der Waals surface area (Å²) in [5.74, 6) is -9.70. The molecule has 0 atom stereocenters. The minimum Gasteiger partial charge on any atom is -0.294 e. The van der Waals surface area contributed by atoms with Crippen LogP contribution in [0.5, 0.6) is 0 Å². The Kier molecular flexibility index (Phi) is 3.62. The van der Waals surface area contributed by atoms with Crippen LogP contribution >= 0.6 is 0 Å².